The third kappa shape index (κ3) is 6.12. The van der Waals surface area contributed by atoms with E-state index >= 15 is 0 Å². The summed E-state index contributed by atoms with van der Waals surface area (Å²) in [6.07, 6.45) is -1.16. The summed E-state index contributed by atoms with van der Waals surface area (Å²) in [6.45, 7) is 5.92. The number of carbonyl (C=O) groups is 1. The third-order valence-electron chi connectivity index (χ3n) is 5.41. The Hall–Kier alpha value is -3.42. The Labute approximate surface area is 196 Å². The Bertz CT molecular complexity index is 1200. The molecular formula is C26H28F3N3O2. The molecule has 3 rings (SSSR count). The van der Waals surface area contributed by atoms with E-state index in [4.69, 9.17) is 0 Å². The van der Waals surface area contributed by atoms with Crippen molar-refractivity contribution in [1.82, 2.24) is 9.78 Å². The van der Waals surface area contributed by atoms with Crippen LogP contribution in [-0.4, -0.2) is 15.7 Å². The molecule has 0 spiro atoms. The average Bonchev–Trinajstić information content (AvgIpc) is 2.78. The van der Waals surface area contributed by atoms with Gasteiger partial charge in [-0.25, -0.2) is 0 Å². The number of alkyl halides is 3. The highest BCUT2D eigenvalue weighted by atomic mass is 19.4. The summed E-state index contributed by atoms with van der Waals surface area (Å²) in [5.41, 5.74) is 1.57. The number of anilines is 1. The number of halogens is 3. The number of rotatable bonds is 8. The van der Waals surface area contributed by atoms with Crippen LogP contribution in [0.25, 0.3) is 16.8 Å². The van der Waals surface area contributed by atoms with Gasteiger partial charge in [0.05, 0.1) is 16.9 Å². The zero-order chi connectivity index (χ0) is 24.9. The second kappa shape index (κ2) is 10.7. The summed E-state index contributed by atoms with van der Waals surface area (Å²) >= 11 is 0. The van der Waals surface area contributed by atoms with Crippen molar-refractivity contribution in [3.63, 3.8) is 0 Å². The van der Waals surface area contributed by atoms with Crippen LogP contribution in [0.15, 0.2) is 59.4 Å². The smallest absolute Gasteiger partial charge is 0.326 e. The molecule has 5 nitrogen and oxygen atoms in total. The maximum absolute atomic E-state index is 12.9. The topological polar surface area (TPSA) is 64.0 Å². The molecule has 8 heteroatoms. The van der Waals surface area contributed by atoms with Gasteiger partial charge in [0.1, 0.15) is 0 Å². The average molecular weight is 472 g/mol. The van der Waals surface area contributed by atoms with E-state index in [-0.39, 0.29) is 17.5 Å². The summed E-state index contributed by atoms with van der Waals surface area (Å²) in [5.74, 6) is -0.130. The third-order valence-corrected chi connectivity index (χ3v) is 5.41. The van der Waals surface area contributed by atoms with Crippen LogP contribution in [0.4, 0.5) is 18.9 Å². The van der Waals surface area contributed by atoms with E-state index in [0.717, 1.165) is 41.6 Å². The van der Waals surface area contributed by atoms with E-state index < -0.39 is 17.3 Å². The van der Waals surface area contributed by atoms with Gasteiger partial charge in [0.25, 0.3) is 5.56 Å². The summed E-state index contributed by atoms with van der Waals surface area (Å²) in [5, 5.41) is 7.38. The molecule has 1 heterocycles. The second-order valence-electron chi connectivity index (χ2n) is 8.48. The number of carbonyl (C=O) groups excluding carboxylic acids is 1. The highest BCUT2D eigenvalue weighted by Gasteiger charge is 2.30. The summed E-state index contributed by atoms with van der Waals surface area (Å²) < 4.78 is 39.8. The van der Waals surface area contributed by atoms with Gasteiger partial charge >= 0.3 is 6.18 Å². The Kier molecular flexibility index (Phi) is 7.91. The molecule has 0 unspecified atom stereocenters. The molecule has 0 bridgehead atoms. The monoisotopic (exact) mass is 471 g/mol. The van der Waals surface area contributed by atoms with Crippen LogP contribution in [0.5, 0.6) is 0 Å². The van der Waals surface area contributed by atoms with Crippen LogP contribution in [0.1, 0.15) is 63.6 Å². The van der Waals surface area contributed by atoms with E-state index in [2.05, 4.69) is 17.3 Å². The van der Waals surface area contributed by atoms with Gasteiger partial charge in [0.2, 0.25) is 5.91 Å². The number of hydrogen-bond acceptors (Lipinski definition) is 3. The van der Waals surface area contributed by atoms with Crippen molar-refractivity contribution in [3.8, 4) is 16.8 Å². The molecule has 0 radical (unpaired) electrons. The van der Waals surface area contributed by atoms with E-state index in [0.29, 0.717) is 23.4 Å². The van der Waals surface area contributed by atoms with Crippen molar-refractivity contribution in [2.45, 2.75) is 58.5 Å². The fraction of sp³-hybridized carbons (Fsp3) is 0.346. The van der Waals surface area contributed by atoms with Crippen LogP contribution in [0.3, 0.4) is 0 Å². The van der Waals surface area contributed by atoms with Crippen LogP contribution in [0, 0.1) is 0 Å². The SMILES string of the molecule is CCCCCC(=O)Nc1cccc(-c2cc(=O)n(-c3ccc(C(F)(F)F)cc3)nc2C(C)C)c1. The van der Waals surface area contributed by atoms with Gasteiger partial charge in [0.15, 0.2) is 0 Å². The van der Waals surface area contributed by atoms with Crippen LogP contribution >= 0.6 is 0 Å². The molecule has 180 valence electrons. The lowest BCUT2D eigenvalue weighted by atomic mass is 9.98. The van der Waals surface area contributed by atoms with Crippen molar-refractivity contribution in [3.05, 3.63) is 76.2 Å². The van der Waals surface area contributed by atoms with Gasteiger partial charge in [-0.15, -0.1) is 0 Å². The normalized spacial score (nSPS) is 11.6. The van der Waals surface area contributed by atoms with Gasteiger partial charge in [0, 0.05) is 23.7 Å². The van der Waals surface area contributed by atoms with Gasteiger partial charge < -0.3 is 5.32 Å². The molecule has 0 saturated carbocycles. The Morgan fingerprint density at radius 2 is 1.76 bits per heavy atom. The lowest BCUT2D eigenvalue weighted by Crippen LogP contribution is -2.23. The Morgan fingerprint density at radius 3 is 2.38 bits per heavy atom. The number of nitrogens with zero attached hydrogens (tertiary/aromatic N) is 2. The van der Waals surface area contributed by atoms with Crippen LogP contribution < -0.4 is 10.9 Å². The quantitative estimate of drug-likeness (QED) is 0.379. The standard InChI is InChI=1S/C26H28F3N3O2/c1-4-5-6-10-23(33)30-20-9-7-8-18(15-20)22-16-24(34)32(31-25(22)17(2)3)21-13-11-19(12-14-21)26(27,28)29/h7-9,11-17H,4-6,10H2,1-3H3,(H,30,33). The Morgan fingerprint density at radius 1 is 1.06 bits per heavy atom. The number of hydrogen-bond donors (Lipinski definition) is 1. The van der Waals surface area contributed by atoms with Crippen molar-refractivity contribution in [2.75, 3.05) is 5.32 Å². The van der Waals surface area contributed by atoms with Gasteiger partial charge in [-0.3, -0.25) is 9.59 Å². The molecule has 3 aromatic rings. The molecule has 0 fully saturated rings. The minimum Gasteiger partial charge on any atom is -0.326 e. The minimum absolute atomic E-state index is 0.0643. The zero-order valence-electron chi connectivity index (χ0n) is 19.4. The highest BCUT2D eigenvalue weighted by Crippen LogP contribution is 2.31. The lowest BCUT2D eigenvalue weighted by molar-refractivity contribution is -0.137. The van der Waals surface area contributed by atoms with E-state index in [1.807, 2.05) is 19.9 Å². The molecule has 1 amide bonds. The number of benzene rings is 2. The van der Waals surface area contributed by atoms with Crippen molar-refractivity contribution < 1.29 is 18.0 Å². The van der Waals surface area contributed by atoms with E-state index in [1.165, 1.54) is 18.2 Å². The summed E-state index contributed by atoms with van der Waals surface area (Å²) in [4.78, 5) is 25.1. The lowest BCUT2D eigenvalue weighted by Gasteiger charge is -2.16. The van der Waals surface area contributed by atoms with Crippen LogP contribution in [-0.2, 0) is 11.0 Å². The highest BCUT2D eigenvalue weighted by molar-refractivity contribution is 5.91. The summed E-state index contributed by atoms with van der Waals surface area (Å²) in [7, 11) is 0. The van der Waals surface area contributed by atoms with Crippen LogP contribution in [0.2, 0.25) is 0 Å². The second-order valence-corrected chi connectivity index (χ2v) is 8.48. The predicted molar refractivity (Wildman–Crippen MR) is 127 cm³/mol. The molecule has 0 aliphatic rings. The first kappa shape index (κ1) is 25.2. The van der Waals surface area contributed by atoms with Crippen molar-refractivity contribution in [2.24, 2.45) is 0 Å². The number of nitrogens with one attached hydrogen (secondary N) is 1. The predicted octanol–water partition coefficient (Wildman–Crippen LogP) is 6.56. The molecule has 0 aliphatic carbocycles. The molecule has 2 aromatic carbocycles. The fourth-order valence-electron chi connectivity index (χ4n) is 3.63. The Balaban J connectivity index is 1.95. The fourth-order valence-corrected chi connectivity index (χ4v) is 3.63. The molecule has 1 aromatic heterocycles. The largest absolute Gasteiger partial charge is 0.416 e. The molecular weight excluding hydrogens is 443 g/mol. The number of aromatic nitrogens is 2. The van der Waals surface area contributed by atoms with E-state index in [1.54, 1.807) is 18.2 Å². The van der Waals surface area contributed by atoms with Gasteiger partial charge in [-0.2, -0.15) is 23.0 Å². The number of amides is 1. The molecule has 0 aliphatic heterocycles. The molecule has 0 saturated heterocycles. The van der Waals surface area contributed by atoms with Gasteiger partial charge in [-0.1, -0.05) is 45.7 Å². The maximum Gasteiger partial charge on any atom is 0.416 e. The molecule has 34 heavy (non-hydrogen) atoms. The first-order chi connectivity index (χ1) is 16.1. The van der Waals surface area contributed by atoms with E-state index in [9.17, 15) is 22.8 Å². The van der Waals surface area contributed by atoms with Crippen molar-refractivity contribution >= 4 is 11.6 Å². The number of unbranched alkanes of at least 4 members (excludes halogenated alkanes) is 2. The minimum atomic E-state index is -4.46. The van der Waals surface area contributed by atoms with Gasteiger partial charge in [-0.05, 0) is 54.3 Å². The van der Waals surface area contributed by atoms with Crippen molar-refractivity contribution in [1.29, 1.82) is 0 Å². The maximum atomic E-state index is 12.9. The zero-order valence-corrected chi connectivity index (χ0v) is 19.4. The molecule has 1 N–H and O–H groups in total. The molecule has 0 atom stereocenters. The summed E-state index contributed by atoms with van der Waals surface area (Å²) in [6, 6.07) is 13.0. The first-order valence-electron chi connectivity index (χ1n) is 11.3. The first-order valence-corrected chi connectivity index (χ1v) is 11.3.